The Balaban J connectivity index is 1.74. The van der Waals surface area contributed by atoms with Gasteiger partial charge in [0.05, 0.1) is 25.8 Å². The molecule has 0 radical (unpaired) electrons. The van der Waals surface area contributed by atoms with Crippen molar-refractivity contribution in [3.8, 4) is 11.5 Å². The van der Waals surface area contributed by atoms with Crippen molar-refractivity contribution in [3.63, 3.8) is 0 Å². The van der Waals surface area contributed by atoms with Gasteiger partial charge < -0.3 is 25.0 Å². The fourth-order valence-electron chi connectivity index (χ4n) is 2.91. The van der Waals surface area contributed by atoms with Crippen molar-refractivity contribution in [1.82, 2.24) is 25.8 Å². The summed E-state index contributed by atoms with van der Waals surface area (Å²) in [5.74, 6) is -0.185. The van der Waals surface area contributed by atoms with E-state index in [4.69, 9.17) is 9.47 Å². The van der Waals surface area contributed by atoms with E-state index < -0.39 is 5.91 Å². The Hall–Kier alpha value is -3.63. The molecule has 11 nitrogen and oxygen atoms in total. The topological polar surface area (TPSA) is 136 Å². The first-order valence-corrected chi connectivity index (χ1v) is 9.43. The second-order valence-corrected chi connectivity index (χ2v) is 6.59. The van der Waals surface area contributed by atoms with Crippen LogP contribution in [0.1, 0.15) is 33.0 Å². The van der Waals surface area contributed by atoms with Gasteiger partial charge in [-0.05, 0) is 30.6 Å². The molecule has 3 rings (SSSR count). The third-order valence-electron chi connectivity index (χ3n) is 4.48. The Labute approximate surface area is 172 Å². The molecule has 160 valence electrons. The molecule has 2 N–H and O–H groups in total. The molecule has 0 fully saturated rings. The summed E-state index contributed by atoms with van der Waals surface area (Å²) in [5.41, 5.74) is 0.754. The Bertz CT molecular complexity index is 928. The highest BCUT2D eigenvalue weighted by molar-refractivity contribution is 5.97. The number of aromatic nitrogens is 2. The smallest absolute Gasteiger partial charge is 0.278 e. The molecular weight excluding hydrogens is 394 g/mol. The number of hydrogen-bond donors (Lipinski definition) is 2. The molecule has 2 aromatic rings. The van der Waals surface area contributed by atoms with Crippen LogP contribution >= 0.6 is 0 Å². The molecule has 0 bridgehead atoms. The molecule has 11 heteroatoms. The summed E-state index contributed by atoms with van der Waals surface area (Å²) < 4.78 is 15.4. The highest BCUT2D eigenvalue weighted by Gasteiger charge is 2.24. The Morgan fingerprint density at radius 3 is 2.77 bits per heavy atom. The van der Waals surface area contributed by atoms with Crippen molar-refractivity contribution in [3.05, 3.63) is 35.2 Å². The van der Waals surface area contributed by atoms with Gasteiger partial charge >= 0.3 is 0 Å². The number of nitrogens with zero attached hydrogens (tertiary/aromatic N) is 3. The lowest BCUT2D eigenvalue weighted by molar-refractivity contribution is -0.121. The van der Waals surface area contributed by atoms with E-state index in [1.54, 1.807) is 25.1 Å². The van der Waals surface area contributed by atoms with Crippen molar-refractivity contribution in [2.24, 2.45) is 0 Å². The van der Waals surface area contributed by atoms with E-state index in [0.717, 1.165) is 0 Å². The Morgan fingerprint density at radius 1 is 1.20 bits per heavy atom. The van der Waals surface area contributed by atoms with E-state index in [9.17, 15) is 14.4 Å². The largest absolute Gasteiger partial charge is 0.497 e. The van der Waals surface area contributed by atoms with Gasteiger partial charge in [0.25, 0.3) is 11.8 Å². The monoisotopic (exact) mass is 417 g/mol. The minimum atomic E-state index is -0.462. The molecule has 0 atom stereocenters. The Kier molecular flexibility index (Phi) is 6.83. The third-order valence-corrected chi connectivity index (χ3v) is 4.48. The number of rotatable bonds is 2. The summed E-state index contributed by atoms with van der Waals surface area (Å²) >= 11 is 0. The van der Waals surface area contributed by atoms with Crippen LogP contribution in [0.3, 0.4) is 0 Å². The van der Waals surface area contributed by atoms with E-state index in [-0.39, 0.29) is 43.7 Å². The number of carbonyl (C=O) groups excluding carboxylic acids is 3. The maximum atomic E-state index is 12.7. The molecule has 0 spiro atoms. The van der Waals surface area contributed by atoms with Crippen molar-refractivity contribution in [2.45, 2.75) is 13.3 Å². The summed E-state index contributed by atoms with van der Waals surface area (Å²) in [5, 5.41) is 12.7. The zero-order valence-corrected chi connectivity index (χ0v) is 16.8. The summed E-state index contributed by atoms with van der Waals surface area (Å²) in [4.78, 5) is 38.9. The molecule has 2 heterocycles. The van der Waals surface area contributed by atoms with Crippen LogP contribution in [0.5, 0.6) is 11.5 Å². The van der Waals surface area contributed by atoms with Crippen molar-refractivity contribution in [1.29, 1.82) is 0 Å². The minimum Gasteiger partial charge on any atom is -0.497 e. The lowest BCUT2D eigenvalue weighted by atomic mass is 10.1. The molecule has 3 amide bonds. The molecule has 0 unspecified atom stereocenters. The molecule has 0 aliphatic carbocycles. The highest BCUT2D eigenvalue weighted by atomic mass is 16.6. The van der Waals surface area contributed by atoms with Crippen molar-refractivity contribution < 1.29 is 28.5 Å². The summed E-state index contributed by atoms with van der Waals surface area (Å²) in [7, 11) is 1.52. The van der Waals surface area contributed by atoms with Gasteiger partial charge in [-0.3, -0.25) is 14.4 Å². The predicted octanol–water partition coefficient (Wildman–Crippen LogP) is 0.158. The van der Waals surface area contributed by atoms with Crippen LogP contribution in [0.4, 0.5) is 0 Å². The van der Waals surface area contributed by atoms with Crippen LogP contribution in [0.15, 0.2) is 22.8 Å². The van der Waals surface area contributed by atoms with Crippen LogP contribution in [-0.4, -0.2) is 72.8 Å². The molecule has 30 heavy (non-hydrogen) atoms. The van der Waals surface area contributed by atoms with Gasteiger partial charge in [0, 0.05) is 19.2 Å². The molecule has 1 aliphatic heterocycles. The summed E-state index contributed by atoms with van der Waals surface area (Å²) in [6.45, 7) is 2.31. The quantitative estimate of drug-likeness (QED) is 0.705. The summed E-state index contributed by atoms with van der Waals surface area (Å²) in [6.07, 6.45) is 0.432. The number of amides is 3. The maximum Gasteiger partial charge on any atom is 0.278 e. The van der Waals surface area contributed by atoms with Crippen molar-refractivity contribution >= 4 is 17.7 Å². The fraction of sp³-hybridized carbons (Fsp3) is 0.421. The molecule has 0 saturated carbocycles. The van der Waals surface area contributed by atoms with Gasteiger partial charge in [0.15, 0.2) is 5.69 Å². The zero-order chi connectivity index (χ0) is 21.5. The Morgan fingerprint density at radius 2 is 2.03 bits per heavy atom. The van der Waals surface area contributed by atoms with Crippen LogP contribution in [0.25, 0.3) is 0 Å². The average molecular weight is 417 g/mol. The van der Waals surface area contributed by atoms with Gasteiger partial charge in [0.2, 0.25) is 5.91 Å². The number of fused-ring (bicyclic) bond motifs is 1. The fourth-order valence-corrected chi connectivity index (χ4v) is 2.91. The summed E-state index contributed by atoms with van der Waals surface area (Å²) in [6, 6.07) is 4.91. The second kappa shape index (κ2) is 9.72. The molecular formula is C19H23N5O6. The van der Waals surface area contributed by atoms with Crippen molar-refractivity contribution in [2.75, 3.05) is 39.9 Å². The minimum absolute atomic E-state index is 0.0548. The lowest BCUT2D eigenvalue weighted by Crippen LogP contribution is -2.43. The first-order valence-electron chi connectivity index (χ1n) is 9.43. The van der Waals surface area contributed by atoms with Crippen LogP contribution in [0.2, 0.25) is 0 Å². The average Bonchev–Trinajstić information content (AvgIpc) is 3.17. The number of aryl methyl sites for hydroxylation is 1. The molecule has 0 saturated heterocycles. The zero-order valence-electron chi connectivity index (χ0n) is 16.8. The molecule has 1 aromatic heterocycles. The number of hydrogen-bond acceptors (Lipinski definition) is 8. The van der Waals surface area contributed by atoms with Gasteiger partial charge in [0.1, 0.15) is 23.8 Å². The van der Waals surface area contributed by atoms with E-state index >= 15 is 0 Å². The number of benzene rings is 1. The highest BCUT2D eigenvalue weighted by Crippen LogP contribution is 2.25. The van der Waals surface area contributed by atoms with Gasteiger partial charge in [-0.2, -0.15) is 0 Å². The normalized spacial score (nSPS) is 15.9. The van der Waals surface area contributed by atoms with E-state index in [1.165, 1.54) is 12.0 Å². The molecule has 1 aliphatic rings. The molecule has 1 aromatic carbocycles. The number of nitrogens with one attached hydrogen (secondary N) is 2. The standard InChI is InChI=1S/C19H23N5O6/c1-12-17(23-30-22-12)19(27)24-8-3-6-21-18(26)14-5-4-13(28-2)10-15(14)29-9-7-20-16(25)11-24/h4-5,10H,3,6-9,11H2,1-2H3,(H,20,25)(H,21,26). The van der Waals surface area contributed by atoms with Gasteiger partial charge in [-0.1, -0.05) is 5.16 Å². The van der Waals surface area contributed by atoms with Crippen LogP contribution < -0.4 is 20.1 Å². The van der Waals surface area contributed by atoms with Crippen LogP contribution in [-0.2, 0) is 4.79 Å². The van der Waals surface area contributed by atoms with E-state index in [2.05, 4.69) is 25.6 Å². The lowest BCUT2D eigenvalue weighted by Gasteiger charge is -2.22. The van der Waals surface area contributed by atoms with E-state index in [0.29, 0.717) is 35.7 Å². The first-order chi connectivity index (χ1) is 14.5. The SMILES string of the molecule is COc1ccc2c(c1)OCCNC(=O)CN(C(=O)c1nonc1C)CCCNC2=O. The van der Waals surface area contributed by atoms with E-state index in [1.807, 2.05) is 0 Å². The number of ether oxygens (including phenoxy) is 2. The van der Waals surface area contributed by atoms with Gasteiger partial charge in [-0.25, -0.2) is 4.63 Å². The van der Waals surface area contributed by atoms with Crippen LogP contribution in [0, 0.1) is 6.92 Å². The predicted molar refractivity (Wildman–Crippen MR) is 103 cm³/mol. The number of carbonyl (C=O) groups is 3. The number of methoxy groups -OCH3 is 1. The maximum absolute atomic E-state index is 12.7. The third kappa shape index (κ3) is 5.04. The second-order valence-electron chi connectivity index (χ2n) is 6.59. The first kappa shape index (κ1) is 21.1. The van der Waals surface area contributed by atoms with Gasteiger partial charge in [-0.15, -0.1) is 0 Å².